The molecule has 24 heavy (non-hydrogen) atoms. The van der Waals surface area contributed by atoms with Crippen molar-refractivity contribution in [3.63, 3.8) is 0 Å². The number of hydrogen-bond donors (Lipinski definition) is 1. The van der Waals surface area contributed by atoms with Crippen LogP contribution in [0.25, 0.3) is 0 Å². The summed E-state index contributed by atoms with van der Waals surface area (Å²) in [6.45, 7) is 1.94. The predicted molar refractivity (Wildman–Crippen MR) is 90.3 cm³/mol. The lowest BCUT2D eigenvalue weighted by atomic mass is 10.1. The number of hydrogen-bond acceptors (Lipinski definition) is 6. The van der Waals surface area contributed by atoms with Crippen LogP contribution < -0.4 is 20.0 Å². The van der Waals surface area contributed by atoms with E-state index in [4.69, 9.17) is 4.98 Å². The topological polar surface area (TPSA) is 81.7 Å². The van der Waals surface area contributed by atoms with Gasteiger partial charge in [0.05, 0.1) is 19.3 Å². The molecule has 0 atom stereocenters. The third-order valence-corrected chi connectivity index (χ3v) is 5.14. The van der Waals surface area contributed by atoms with Crippen LogP contribution >= 0.6 is 0 Å². The number of amides is 2. The van der Waals surface area contributed by atoms with Crippen LogP contribution in [0.15, 0.2) is 6.20 Å². The summed E-state index contributed by atoms with van der Waals surface area (Å²) in [6.07, 6.45) is 6.31. The molecule has 0 aromatic carbocycles. The van der Waals surface area contributed by atoms with E-state index in [1.54, 1.807) is 18.1 Å². The molecular weight excluding hydrogens is 308 g/mol. The first-order valence-corrected chi connectivity index (χ1v) is 8.55. The lowest BCUT2D eigenvalue weighted by Crippen LogP contribution is -2.50. The van der Waals surface area contributed by atoms with Gasteiger partial charge in [0.15, 0.2) is 5.82 Å². The van der Waals surface area contributed by atoms with Crippen LogP contribution in [0.2, 0.25) is 0 Å². The zero-order chi connectivity index (χ0) is 16.7. The number of likely N-dealkylation sites (N-methyl/N-ethyl adjacent to an activating group) is 1. The summed E-state index contributed by atoms with van der Waals surface area (Å²) in [5, 5.41) is 2.81. The Hall–Kier alpha value is -2.38. The normalized spacial score (nSPS) is 22.0. The van der Waals surface area contributed by atoms with Crippen molar-refractivity contribution in [2.45, 2.75) is 31.7 Å². The number of nitrogens with one attached hydrogen (secondary N) is 1. The molecule has 0 radical (unpaired) electrons. The van der Waals surface area contributed by atoms with Gasteiger partial charge in [-0.25, -0.2) is 4.98 Å². The standard InChI is InChI=1S/C16H22N6O2/c1-20-12-8-18-16(21-7-6-17-13(23)9-21)19-15(12)22(10-14(20)24)11-4-2-3-5-11/h8,11H,2-7,9-10H2,1H3,(H,17,23). The van der Waals surface area contributed by atoms with Gasteiger partial charge in [-0.2, -0.15) is 4.98 Å². The Morgan fingerprint density at radius 2 is 2.00 bits per heavy atom. The lowest BCUT2D eigenvalue weighted by molar-refractivity contribution is -0.120. The van der Waals surface area contributed by atoms with Crippen molar-refractivity contribution >= 4 is 29.3 Å². The van der Waals surface area contributed by atoms with Crippen LogP contribution in [0.5, 0.6) is 0 Å². The SMILES string of the molecule is CN1C(=O)CN(C2CCCC2)c2nc(N3CCNC(=O)C3)ncc21. The van der Waals surface area contributed by atoms with Crippen molar-refractivity contribution < 1.29 is 9.59 Å². The second-order valence-corrected chi connectivity index (χ2v) is 6.67. The molecule has 2 aliphatic heterocycles. The highest BCUT2D eigenvalue weighted by atomic mass is 16.2. The molecule has 3 heterocycles. The number of aromatic nitrogens is 2. The third-order valence-electron chi connectivity index (χ3n) is 5.14. The van der Waals surface area contributed by atoms with Crippen molar-refractivity contribution in [1.29, 1.82) is 0 Å². The molecular formula is C16H22N6O2. The van der Waals surface area contributed by atoms with E-state index in [0.717, 1.165) is 24.3 Å². The molecule has 1 saturated carbocycles. The molecule has 128 valence electrons. The van der Waals surface area contributed by atoms with Gasteiger partial charge in [-0.15, -0.1) is 0 Å². The van der Waals surface area contributed by atoms with Gasteiger partial charge in [-0.3, -0.25) is 9.59 Å². The molecule has 0 unspecified atom stereocenters. The molecule has 2 fully saturated rings. The summed E-state index contributed by atoms with van der Waals surface area (Å²) < 4.78 is 0. The van der Waals surface area contributed by atoms with Crippen molar-refractivity contribution in [3.8, 4) is 0 Å². The Balaban J connectivity index is 1.70. The van der Waals surface area contributed by atoms with E-state index in [-0.39, 0.29) is 18.4 Å². The highest BCUT2D eigenvalue weighted by Crippen LogP contribution is 2.36. The summed E-state index contributed by atoms with van der Waals surface area (Å²) in [5.41, 5.74) is 0.753. The van der Waals surface area contributed by atoms with E-state index >= 15 is 0 Å². The number of fused-ring (bicyclic) bond motifs is 1. The molecule has 0 bridgehead atoms. The lowest BCUT2D eigenvalue weighted by Gasteiger charge is -2.38. The van der Waals surface area contributed by atoms with Gasteiger partial charge in [0.25, 0.3) is 0 Å². The molecule has 1 aromatic rings. The Morgan fingerprint density at radius 1 is 1.21 bits per heavy atom. The maximum atomic E-state index is 12.3. The van der Waals surface area contributed by atoms with Gasteiger partial charge in [-0.05, 0) is 12.8 Å². The zero-order valence-corrected chi connectivity index (χ0v) is 13.9. The Kier molecular flexibility index (Phi) is 3.74. The highest BCUT2D eigenvalue weighted by Gasteiger charge is 2.35. The van der Waals surface area contributed by atoms with E-state index in [0.29, 0.717) is 31.6 Å². The Labute approximate surface area is 140 Å². The number of rotatable bonds is 2. The molecule has 2 amide bonds. The van der Waals surface area contributed by atoms with Crippen molar-refractivity contribution in [3.05, 3.63) is 6.20 Å². The van der Waals surface area contributed by atoms with E-state index in [1.807, 2.05) is 4.90 Å². The van der Waals surface area contributed by atoms with Crippen molar-refractivity contribution in [2.75, 3.05) is 47.9 Å². The first-order chi connectivity index (χ1) is 11.6. The quantitative estimate of drug-likeness (QED) is 0.831. The van der Waals surface area contributed by atoms with E-state index < -0.39 is 0 Å². The van der Waals surface area contributed by atoms with Crippen LogP contribution in [-0.4, -0.2) is 61.1 Å². The monoisotopic (exact) mass is 330 g/mol. The third kappa shape index (κ3) is 2.55. The fourth-order valence-corrected chi connectivity index (χ4v) is 3.75. The van der Waals surface area contributed by atoms with Crippen LogP contribution in [0.4, 0.5) is 17.5 Å². The maximum Gasteiger partial charge on any atom is 0.246 e. The number of carbonyl (C=O) groups excluding carboxylic acids is 2. The minimum Gasteiger partial charge on any atom is -0.353 e. The number of anilines is 3. The summed E-state index contributed by atoms with van der Waals surface area (Å²) in [4.78, 5) is 38.8. The molecule has 8 heteroatoms. The largest absolute Gasteiger partial charge is 0.353 e. The van der Waals surface area contributed by atoms with Gasteiger partial charge < -0.3 is 20.0 Å². The molecule has 4 rings (SSSR count). The van der Waals surface area contributed by atoms with Gasteiger partial charge >= 0.3 is 0 Å². The van der Waals surface area contributed by atoms with Crippen LogP contribution in [-0.2, 0) is 9.59 Å². The molecule has 1 aliphatic carbocycles. The van der Waals surface area contributed by atoms with E-state index in [2.05, 4.69) is 15.2 Å². The molecule has 1 aromatic heterocycles. The van der Waals surface area contributed by atoms with Crippen LogP contribution in [0.1, 0.15) is 25.7 Å². The van der Waals surface area contributed by atoms with Gasteiger partial charge in [-0.1, -0.05) is 12.8 Å². The summed E-state index contributed by atoms with van der Waals surface area (Å²) in [6, 6.07) is 0.369. The van der Waals surface area contributed by atoms with E-state index in [9.17, 15) is 9.59 Å². The summed E-state index contributed by atoms with van der Waals surface area (Å²) in [5.74, 6) is 1.44. The molecule has 8 nitrogen and oxygen atoms in total. The number of nitrogens with zero attached hydrogens (tertiary/aromatic N) is 5. The molecule has 0 spiro atoms. The van der Waals surface area contributed by atoms with Crippen LogP contribution in [0, 0.1) is 0 Å². The molecule has 3 aliphatic rings. The first-order valence-electron chi connectivity index (χ1n) is 8.55. The minimum atomic E-state index is -0.0116. The summed E-state index contributed by atoms with van der Waals surface area (Å²) >= 11 is 0. The Bertz CT molecular complexity index is 673. The predicted octanol–water partition coefficient (Wildman–Crippen LogP) is 0.138. The zero-order valence-electron chi connectivity index (χ0n) is 13.9. The molecule has 1 N–H and O–H groups in total. The fraction of sp³-hybridized carbons (Fsp3) is 0.625. The average Bonchev–Trinajstić information content (AvgIpc) is 3.12. The van der Waals surface area contributed by atoms with Gasteiger partial charge in [0.1, 0.15) is 5.69 Å². The number of piperazine rings is 1. The molecule has 1 saturated heterocycles. The van der Waals surface area contributed by atoms with E-state index in [1.165, 1.54) is 12.8 Å². The fourth-order valence-electron chi connectivity index (χ4n) is 3.75. The highest BCUT2D eigenvalue weighted by molar-refractivity contribution is 6.02. The van der Waals surface area contributed by atoms with Gasteiger partial charge in [0.2, 0.25) is 17.8 Å². The summed E-state index contributed by atoms with van der Waals surface area (Å²) in [7, 11) is 1.77. The van der Waals surface area contributed by atoms with Crippen LogP contribution in [0.3, 0.4) is 0 Å². The smallest absolute Gasteiger partial charge is 0.246 e. The second-order valence-electron chi connectivity index (χ2n) is 6.67. The maximum absolute atomic E-state index is 12.3. The van der Waals surface area contributed by atoms with Crippen molar-refractivity contribution in [2.24, 2.45) is 0 Å². The van der Waals surface area contributed by atoms with Gasteiger partial charge in [0, 0.05) is 26.2 Å². The first kappa shape index (κ1) is 15.2. The Morgan fingerprint density at radius 3 is 2.75 bits per heavy atom. The second kappa shape index (κ2) is 5.92. The number of carbonyl (C=O) groups is 2. The minimum absolute atomic E-state index is 0.0116. The average molecular weight is 330 g/mol. The van der Waals surface area contributed by atoms with Crippen molar-refractivity contribution in [1.82, 2.24) is 15.3 Å².